The second-order valence-corrected chi connectivity index (χ2v) is 5.61. The number of carboxylic acid groups (broad SMARTS) is 1. The number of rotatable bonds is 7. The molecule has 0 aliphatic carbocycles. The minimum Gasteiger partial charge on any atom is -0.480 e. The number of hydrogen-bond acceptors (Lipinski definition) is 4. The van der Waals surface area contributed by atoms with Crippen molar-refractivity contribution in [1.29, 1.82) is 0 Å². The lowest BCUT2D eigenvalue weighted by Crippen LogP contribution is -2.61. The van der Waals surface area contributed by atoms with Crippen molar-refractivity contribution >= 4 is 12.0 Å². The Morgan fingerprint density at radius 3 is 2.43 bits per heavy atom. The van der Waals surface area contributed by atoms with Gasteiger partial charge in [-0.05, 0) is 12.8 Å². The summed E-state index contributed by atoms with van der Waals surface area (Å²) >= 11 is 0. The number of carbonyl (C=O) groups is 2. The molecule has 7 nitrogen and oxygen atoms in total. The van der Waals surface area contributed by atoms with Gasteiger partial charge >= 0.3 is 12.0 Å². The van der Waals surface area contributed by atoms with E-state index in [-0.39, 0.29) is 24.8 Å². The number of nitrogens with one attached hydrogen (secondary N) is 2. The van der Waals surface area contributed by atoms with Gasteiger partial charge in [0.1, 0.15) is 5.54 Å². The molecule has 1 heterocycles. The summed E-state index contributed by atoms with van der Waals surface area (Å²) in [4.78, 5) is 23.6. The molecule has 0 aromatic carbocycles. The maximum absolute atomic E-state index is 12.1. The Bertz CT molecular complexity index is 353. The first-order valence-corrected chi connectivity index (χ1v) is 7.39. The highest BCUT2D eigenvalue weighted by molar-refractivity contribution is 5.86. The minimum atomic E-state index is -1.24. The van der Waals surface area contributed by atoms with Gasteiger partial charge < -0.3 is 25.2 Å². The SMILES string of the molecule is CCOCC(NC(=O)NC1(C(=O)O)CCOCC1)C(C)C. The lowest BCUT2D eigenvalue weighted by atomic mass is 9.90. The van der Waals surface area contributed by atoms with E-state index in [0.29, 0.717) is 26.4 Å². The second kappa shape index (κ2) is 8.19. The number of aliphatic carboxylic acids is 1. The predicted molar refractivity (Wildman–Crippen MR) is 77.2 cm³/mol. The van der Waals surface area contributed by atoms with Crippen LogP contribution in [0.15, 0.2) is 0 Å². The molecule has 122 valence electrons. The van der Waals surface area contributed by atoms with Gasteiger partial charge in [-0.1, -0.05) is 13.8 Å². The monoisotopic (exact) mass is 302 g/mol. The standard InChI is InChI=1S/C14H26N2O5/c1-4-20-9-11(10(2)3)15-13(19)16-14(12(17)18)5-7-21-8-6-14/h10-11H,4-9H2,1-3H3,(H,17,18)(H2,15,16,19). The quantitative estimate of drug-likeness (QED) is 0.651. The van der Waals surface area contributed by atoms with E-state index in [2.05, 4.69) is 10.6 Å². The highest BCUT2D eigenvalue weighted by Crippen LogP contribution is 2.21. The Labute approximate surface area is 125 Å². The topological polar surface area (TPSA) is 96.9 Å². The maximum atomic E-state index is 12.1. The normalized spacial score (nSPS) is 19.0. The summed E-state index contributed by atoms with van der Waals surface area (Å²) < 4.78 is 10.5. The van der Waals surface area contributed by atoms with Crippen LogP contribution in [-0.4, -0.2) is 55.1 Å². The van der Waals surface area contributed by atoms with Crippen LogP contribution in [0.3, 0.4) is 0 Å². The molecule has 1 aliphatic rings. The molecule has 1 fully saturated rings. The first-order valence-electron chi connectivity index (χ1n) is 7.39. The molecule has 0 radical (unpaired) electrons. The number of amides is 2. The summed E-state index contributed by atoms with van der Waals surface area (Å²) in [6, 6.07) is -0.631. The summed E-state index contributed by atoms with van der Waals surface area (Å²) in [7, 11) is 0. The predicted octanol–water partition coefficient (Wildman–Crippen LogP) is 0.981. The van der Waals surface area contributed by atoms with E-state index in [1.54, 1.807) is 0 Å². The lowest BCUT2D eigenvalue weighted by Gasteiger charge is -2.34. The van der Waals surface area contributed by atoms with E-state index in [0.717, 1.165) is 0 Å². The summed E-state index contributed by atoms with van der Waals surface area (Å²) in [5.74, 6) is -0.829. The number of ether oxygens (including phenoxy) is 2. The van der Waals surface area contributed by atoms with E-state index in [9.17, 15) is 14.7 Å². The van der Waals surface area contributed by atoms with E-state index in [1.807, 2.05) is 20.8 Å². The average Bonchev–Trinajstić information content (AvgIpc) is 2.43. The molecule has 0 aromatic heterocycles. The van der Waals surface area contributed by atoms with Crippen molar-refractivity contribution in [3.05, 3.63) is 0 Å². The Hall–Kier alpha value is -1.34. The fraction of sp³-hybridized carbons (Fsp3) is 0.857. The third-order valence-corrected chi connectivity index (χ3v) is 3.73. The van der Waals surface area contributed by atoms with Crippen LogP contribution >= 0.6 is 0 Å². The van der Waals surface area contributed by atoms with Crippen LogP contribution in [0.25, 0.3) is 0 Å². The number of urea groups is 1. The molecule has 1 aliphatic heterocycles. The molecule has 0 spiro atoms. The first-order chi connectivity index (χ1) is 9.91. The molecular formula is C14H26N2O5. The molecule has 3 N–H and O–H groups in total. The van der Waals surface area contributed by atoms with Gasteiger partial charge in [-0.2, -0.15) is 0 Å². The summed E-state index contributed by atoms with van der Waals surface area (Å²) in [6.07, 6.45) is 0.543. The fourth-order valence-corrected chi connectivity index (χ4v) is 2.18. The molecule has 2 amide bonds. The van der Waals surface area contributed by atoms with Crippen molar-refractivity contribution in [2.24, 2.45) is 5.92 Å². The van der Waals surface area contributed by atoms with Gasteiger partial charge in [0.25, 0.3) is 0 Å². The number of carboxylic acids is 1. The van der Waals surface area contributed by atoms with Crippen molar-refractivity contribution < 1.29 is 24.2 Å². The highest BCUT2D eigenvalue weighted by Gasteiger charge is 2.41. The fourth-order valence-electron chi connectivity index (χ4n) is 2.18. The summed E-state index contributed by atoms with van der Waals surface area (Å²) in [6.45, 7) is 7.49. The molecule has 0 saturated carbocycles. The Kier molecular flexibility index (Phi) is 6.91. The number of carbonyl (C=O) groups excluding carboxylic acids is 1. The van der Waals surface area contributed by atoms with Gasteiger partial charge in [-0.3, -0.25) is 0 Å². The van der Waals surface area contributed by atoms with Gasteiger partial charge in [0.15, 0.2) is 0 Å². The van der Waals surface area contributed by atoms with Crippen LogP contribution in [0.1, 0.15) is 33.6 Å². The van der Waals surface area contributed by atoms with E-state index in [1.165, 1.54) is 0 Å². The maximum Gasteiger partial charge on any atom is 0.329 e. The van der Waals surface area contributed by atoms with Crippen molar-refractivity contribution in [1.82, 2.24) is 10.6 Å². The zero-order valence-electron chi connectivity index (χ0n) is 13.0. The van der Waals surface area contributed by atoms with Crippen molar-refractivity contribution in [2.45, 2.75) is 45.2 Å². The van der Waals surface area contributed by atoms with Gasteiger partial charge in [-0.15, -0.1) is 0 Å². The van der Waals surface area contributed by atoms with Crippen molar-refractivity contribution in [3.63, 3.8) is 0 Å². The Balaban J connectivity index is 2.62. The molecule has 0 bridgehead atoms. The molecule has 1 saturated heterocycles. The Morgan fingerprint density at radius 2 is 1.95 bits per heavy atom. The zero-order chi connectivity index (χ0) is 15.9. The second-order valence-electron chi connectivity index (χ2n) is 5.61. The van der Waals surface area contributed by atoms with Crippen LogP contribution in [0, 0.1) is 5.92 Å². The molecule has 0 aromatic rings. The molecule has 1 atom stereocenters. The van der Waals surface area contributed by atoms with Gasteiger partial charge in [0, 0.05) is 32.7 Å². The lowest BCUT2D eigenvalue weighted by molar-refractivity contribution is -0.148. The first kappa shape index (κ1) is 17.7. The molecule has 7 heteroatoms. The van der Waals surface area contributed by atoms with Crippen LogP contribution in [0.4, 0.5) is 4.79 Å². The van der Waals surface area contributed by atoms with E-state index < -0.39 is 17.5 Å². The molecule has 1 rings (SSSR count). The highest BCUT2D eigenvalue weighted by atomic mass is 16.5. The van der Waals surface area contributed by atoms with Gasteiger partial charge in [0.2, 0.25) is 0 Å². The van der Waals surface area contributed by atoms with Gasteiger partial charge in [-0.25, -0.2) is 9.59 Å². The van der Waals surface area contributed by atoms with Crippen LogP contribution in [-0.2, 0) is 14.3 Å². The summed E-state index contributed by atoms with van der Waals surface area (Å²) in [5, 5.41) is 14.8. The smallest absolute Gasteiger partial charge is 0.329 e. The van der Waals surface area contributed by atoms with E-state index >= 15 is 0 Å². The van der Waals surface area contributed by atoms with Crippen molar-refractivity contribution in [2.75, 3.05) is 26.4 Å². The number of hydrogen-bond donors (Lipinski definition) is 3. The molecular weight excluding hydrogens is 276 g/mol. The molecule has 21 heavy (non-hydrogen) atoms. The van der Waals surface area contributed by atoms with Gasteiger partial charge in [0.05, 0.1) is 12.6 Å². The van der Waals surface area contributed by atoms with Crippen LogP contribution in [0.2, 0.25) is 0 Å². The van der Waals surface area contributed by atoms with Crippen LogP contribution < -0.4 is 10.6 Å². The summed E-state index contributed by atoms with van der Waals surface area (Å²) in [5.41, 5.74) is -1.24. The van der Waals surface area contributed by atoms with Crippen LogP contribution in [0.5, 0.6) is 0 Å². The van der Waals surface area contributed by atoms with E-state index in [4.69, 9.17) is 9.47 Å². The largest absolute Gasteiger partial charge is 0.480 e. The third-order valence-electron chi connectivity index (χ3n) is 3.73. The van der Waals surface area contributed by atoms with Crippen molar-refractivity contribution in [3.8, 4) is 0 Å². The minimum absolute atomic E-state index is 0.157. The average molecular weight is 302 g/mol. The Morgan fingerprint density at radius 1 is 1.33 bits per heavy atom. The zero-order valence-corrected chi connectivity index (χ0v) is 13.0. The third kappa shape index (κ3) is 5.17. The molecule has 1 unspecified atom stereocenters.